The quantitative estimate of drug-likeness (QED) is 0.827. The number of aromatic nitrogens is 3. The van der Waals surface area contributed by atoms with Crippen molar-refractivity contribution >= 4 is 5.91 Å². The van der Waals surface area contributed by atoms with E-state index in [0.29, 0.717) is 5.92 Å². The van der Waals surface area contributed by atoms with Crippen LogP contribution < -0.4 is 0 Å². The highest BCUT2D eigenvalue weighted by atomic mass is 16.2. The van der Waals surface area contributed by atoms with Gasteiger partial charge in [0.15, 0.2) is 0 Å². The number of rotatable bonds is 5. The first kappa shape index (κ1) is 16.9. The molecule has 0 aliphatic carbocycles. The molecule has 2 heterocycles. The molecule has 0 bridgehead atoms. The second-order valence-corrected chi connectivity index (χ2v) is 7.35. The third-order valence-corrected chi connectivity index (χ3v) is 4.31. The molecular weight excluding hydrogens is 278 g/mol. The van der Waals surface area contributed by atoms with Crippen molar-refractivity contribution in [2.45, 2.75) is 40.2 Å². The standard InChI is InChI=1S/C16H29N5O/c1-16(2,3)15(22)19(4)13-14-5-9-20(10-6-14)11-12-21-17-7-8-18-21/h7-8,14H,5-6,9-13H2,1-4H3. The minimum Gasteiger partial charge on any atom is -0.345 e. The first-order valence-corrected chi connectivity index (χ1v) is 8.18. The number of nitrogens with zero attached hydrogens (tertiary/aromatic N) is 5. The first-order chi connectivity index (χ1) is 10.4. The molecule has 1 aromatic heterocycles. The number of carbonyl (C=O) groups excluding carboxylic acids is 1. The Labute approximate surface area is 133 Å². The van der Waals surface area contributed by atoms with Crippen molar-refractivity contribution in [2.75, 3.05) is 33.2 Å². The van der Waals surface area contributed by atoms with Crippen LogP contribution in [0.3, 0.4) is 0 Å². The van der Waals surface area contributed by atoms with Crippen molar-refractivity contribution < 1.29 is 4.79 Å². The Bertz CT molecular complexity index is 457. The molecule has 1 saturated heterocycles. The first-order valence-electron chi connectivity index (χ1n) is 8.18. The lowest BCUT2D eigenvalue weighted by Gasteiger charge is -2.35. The predicted molar refractivity (Wildman–Crippen MR) is 86.3 cm³/mol. The van der Waals surface area contributed by atoms with Gasteiger partial charge >= 0.3 is 0 Å². The summed E-state index contributed by atoms with van der Waals surface area (Å²) < 4.78 is 0. The summed E-state index contributed by atoms with van der Waals surface area (Å²) in [7, 11) is 1.93. The van der Waals surface area contributed by atoms with E-state index in [4.69, 9.17) is 0 Å². The largest absolute Gasteiger partial charge is 0.345 e. The minimum atomic E-state index is -0.286. The van der Waals surface area contributed by atoms with Gasteiger partial charge in [-0.05, 0) is 31.8 Å². The van der Waals surface area contributed by atoms with Crippen LogP contribution in [-0.2, 0) is 11.3 Å². The molecule has 0 radical (unpaired) electrons. The lowest BCUT2D eigenvalue weighted by molar-refractivity contribution is -0.138. The smallest absolute Gasteiger partial charge is 0.227 e. The molecule has 1 aliphatic heterocycles. The minimum absolute atomic E-state index is 0.236. The van der Waals surface area contributed by atoms with Crippen LogP contribution in [0.5, 0.6) is 0 Å². The van der Waals surface area contributed by atoms with Gasteiger partial charge in [-0.25, -0.2) is 0 Å². The maximum absolute atomic E-state index is 12.2. The molecule has 0 saturated carbocycles. The van der Waals surface area contributed by atoms with Crippen LogP contribution in [0.4, 0.5) is 0 Å². The van der Waals surface area contributed by atoms with Gasteiger partial charge in [-0.3, -0.25) is 4.79 Å². The third-order valence-electron chi connectivity index (χ3n) is 4.31. The Morgan fingerprint density at radius 2 is 1.77 bits per heavy atom. The summed E-state index contributed by atoms with van der Waals surface area (Å²) in [5, 5.41) is 8.26. The molecule has 1 amide bonds. The maximum Gasteiger partial charge on any atom is 0.227 e. The van der Waals surface area contributed by atoms with Crippen molar-refractivity contribution in [3.8, 4) is 0 Å². The van der Waals surface area contributed by atoms with E-state index >= 15 is 0 Å². The lowest BCUT2D eigenvalue weighted by Crippen LogP contribution is -2.43. The summed E-state index contributed by atoms with van der Waals surface area (Å²) in [6.07, 6.45) is 5.76. The SMILES string of the molecule is CN(CC1CCN(CCn2nccn2)CC1)C(=O)C(C)(C)C. The summed E-state index contributed by atoms with van der Waals surface area (Å²) in [5.74, 6) is 0.857. The number of piperidine rings is 1. The van der Waals surface area contributed by atoms with Gasteiger partial charge in [0.1, 0.15) is 0 Å². The molecule has 22 heavy (non-hydrogen) atoms. The molecule has 1 aliphatic rings. The van der Waals surface area contributed by atoms with Crippen LogP contribution in [0, 0.1) is 11.3 Å². The number of carbonyl (C=O) groups is 1. The monoisotopic (exact) mass is 307 g/mol. The molecule has 0 atom stereocenters. The van der Waals surface area contributed by atoms with Crippen molar-refractivity contribution in [3.05, 3.63) is 12.4 Å². The molecule has 0 N–H and O–H groups in total. The van der Waals surface area contributed by atoms with Crippen LogP contribution >= 0.6 is 0 Å². The van der Waals surface area contributed by atoms with Crippen molar-refractivity contribution in [1.82, 2.24) is 24.8 Å². The van der Waals surface area contributed by atoms with Crippen molar-refractivity contribution in [2.24, 2.45) is 11.3 Å². The molecule has 0 aromatic carbocycles. The van der Waals surface area contributed by atoms with Crippen LogP contribution in [0.15, 0.2) is 12.4 Å². The van der Waals surface area contributed by atoms with Gasteiger partial charge in [-0.1, -0.05) is 20.8 Å². The Morgan fingerprint density at radius 1 is 1.18 bits per heavy atom. The van der Waals surface area contributed by atoms with E-state index in [2.05, 4.69) is 15.1 Å². The highest BCUT2D eigenvalue weighted by molar-refractivity contribution is 5.81. The van der Waals surface area contributed by atoms with E-state index in [1.54, 1.807) is 17.2 Å². The average molecular weight is 307 g/mol. The summed E-state index contributed by atoms with van der Waals surface area (Å²) in [6, 6.07) is 0. The van der Waals surface area contributed by atoms with E-state index in [-0.39, 0.29) is 11.3 Å². The average Bonchev–Trinajstić information content (AvgIpc) is 2.98. The third kappa shape index (κ3) is 4.80. The Kier molecular flexibility index (Phi) is 5.56. The fourth-order valence-corrected chi connectivity index (χ4v) is 3.03. The molecule has 2 rings (SSSR count). The molecule has 6 nitrogen and oxygen atoms in total. The lowest BCUT2D eigenvalue weighted by atomic mass is 9.92. The highest BCUT2D eigenvalue weighted by Gasteiger charge is 2.27. The van der Waals surface area contributed by atoms with Crippen LogP contribution in [0.2, 0.25) is 0 Å². The summed E-state index contributed by atoms with van der Waals surface area (Å²) in [6.45, 7) is 10.9. The topological polar surface area (TPSA) is 54.3 Å². The number of hydrogen-bond acceptors (Lipinski definition) is 4. The van der Waals surface area contributed by atoms with Crippen LogP contribution in [0.1, 0.15) is 33.6 Å². The molecule has 0 spiro atoms. The molecular formula is C16H29N5O. The van der Waals surface area contributed by atoms with Gasteiger partial charge in [-0.15, -0.1) is 0 Å². The van der Waals surface area contributed by atoms with E-state index in [0.717, 1.165) is 45.6 Å². The van der Waals surface area contributed by atoms with Crippen molar-refractivity contribution in [3.63, 3.8) is 0 Å². The maximum atomic E-state index is 12.2. The summed E-state index contributed by atoms with van der Waals surface area (Å²) >= 11 is 0. The molecule has 1 fully saturated rings. The second-order valence-electron chi connectivity index (χ2n) is 7.35. The number of amides is 1. The fraction of sp³-hybridized carbons (Fsp3) is 0.812. The summed E-state index contributed by atoms with van der Waals surface area (Å²) in [5.41, 5.74) is -0.286. The van der Waals surface area contributed by atoms with E-state index in [9.17, 15) is 4.79 Å². The van der Waals surface area contributed by atoms with E-state index in [1.165, 1.54) is 0 Å². The second kappa shape index (κ2) is 7.22. The van der Waals surface area contributed by atoms with Gasteiger partial charge in [0.05, 0.1) is 18.9 Å². The van der Waals surface area contributed by atoms with Crippen LogP contribution in [0.25, 0.3) is 0 Å². The van der Waals surface area contributed by atoms with Crippen molar-refractivity contribution in [1.29, 1.82) is 0 Å². The molecule has 1 aromatic rings. The Morgan fingerprint density at radius 3 is 2.32 bits per heavy atom. The van der Waals surface area contributed by atoms with E-state index < -0.39 is 0 Å². The zero-order chi connectivity index (χ0) is 16.2. The zero-order valence-electron chi connectivity index (χ0n) is 14.3. The number of hydrogen-bond donors (Lipinski definition) is 0. The molecule has 6 heteroatoms. The Hall–Kier alpha value is -1.43. The molecule has 0 unspecified atom stereocenters. The molecule has 124 valence electrons. The van der Waals surface area contributed by atoms with Gasteiger partial charge in [-0.2, -0.15) is 15.0 Å². The normalized spacial score (nSPS) is 17.6. The van der Waals surface area contributed by atoms with Gasteiger partial charge in [0.2, 0.25) is 5.91 Å². The highest BCUT2D eigenvalue weighted by Crippen LogP contribution is 2.21. The Balaban J connectivity index is 1.69. The van der Waals surface area contributed by atoms with Gasteiger partial charge in [0, 0.05) is 25.6 Å². The van der Waals surface area contributed by atoms with Gasteiger partial charge in [0.25, 0.3) is 0 Å². The summed E-state index contributed by atoms with van der Waals surface area (Å²) in [4.78, 5) is 18.3. The fourth-order valence-electron chi connectivity index (χ4n) is 3.03. The van der Waals surface area contributed by atoms with Gasteiger partial charge < -0.3 is 9.80 Å². The van der Waals surface area contributed by atoms with E-state index in [1.807, 2.05) is 32.7 Å². The van der Waals surface area contributed by atoms with Crippen LogP contribution in [-0.4, -0.2) is 63.9 Å². The predicted octanol–water partition coefficient (Wildman–Crippen LogP) is 1.49. The zero-order valence-corrected chi connectivity index (χ0v) is 14.3. The number of likely N-dealkylation sites (tertiary alicyclic amines) is 1.